The van der Waals surface area contributed by atoms with Crippen LogP contribution in [0.4, 0.5) is 0 Å². The van der Waals surface area contributed by atoms with Crippen LogP contribution < -0.4 is 0 Å². The fraction of sp³-hybridized carbons (Fsp3) is 0.960. The number of carbonyl (C=O) groups excluding carboxylic acids is 1. The van der Waals surface area contributed by atoms with Crippen molar-refractivity contribution in [3.63, 3.8) is 0 Å². The monoisotopic (exact) mass is 416 g/mol. The summed E-state index contributed by atoms with van der Waals surface area (Å²) < 4.78 is 6.01. The number of piperazine rings is 1. The van der Waals surface area contributed by atoms with Gasteiger partial charge in [0.05, 0.1) is 5.60 Å². The summed E-state index contributed by atoms with van der Waals surface area (Å²) in [5.41, 5.74) is -0.422. The van der Waals surface area contributed by atoms with Crippen LogP contribution in [0.25, 0.3) is 0 Å². The van der Waals surface area contributed by atoms with Gasteiger partial charge in [-0.05, 0) is 39.7 Å². The summed E-state index contributed by atoms with van der Waals surface area (Å²) in [6.07, 6.45) is 4.15. The Bertz CT molecular complexity index is 360. The lowest BCUT2D eigenvalue weighted by atomic mass is 9.87. The quantitative estimate of drug-likeness (QED) is 0.423. The average Bonchev–Trinajstić information content (AvgIpc) is 2.72. The molecule has 0 aromatic carbocycles. The smallest absolute Gasteiger partial charge is 0.228 e. The molecule has 0 bridgehead atoms. The van der Waals surface area contributed by atoms with Crippen LogP contribution in [-0.2, 0) is 9.53 Å². The van der Waals surface area contributed by atoms with Gasteiger partial charge in [-0.25, -0.2) is 0 Å². The molecule has 0 spiro atoms. The van der Waals surface area contributed by atoms with E-state index < -0.39 is 0 Å². The van der Waals surface area contributed by atoms with Gasteiger partial charge in [0.1, 0.15) is 0 Å². The molecule has 0 radical (unpaired) electrons. The van der Waals surface area contributed by atoms with E-state index in [0.29, 0.717) is 6.61 Å². The van der Waals surface area contributed by atoms with Gasteiger partial charge in [0, 0.05) is 38.2 Å². The largest absolute Gasteiger partial charge is 0.376 e. The van der Waals surface area contributed by atoms with Gasteiger partial charge in [0.2, 0.25) is 5.91 Å². The van der Waals surface area contributed by atoms with E-state index in [1.807, 2.05) is 46.4 Å². The van der Waals surface area contributed by atoms with Crippen LogP contribution in [0.3, 0.4) is 0 Å². The first kappa shape index (κ1) is 33.0. The molecule has 1 rings (SSSR count). The topological polar surface area (TPSA) is 32.8 Å². The molecule has 0 saturated carbocycles. The van der Waals surface area contributed by atoms with Gasteiger partial charge in [-0.15, -0.1) is 0 Å². The van der Waals surface area contributed by atoms with E-state index in [1.54, 1.807) is 0 Å². The second-order valence-electron chi connectivity index (χ2n) is 8.13. The molecule has 1 aliphatic heterocycles. The zero-order valence-electron chi connectivity index (χ0n) is 22.3. The maximum atomic E-state index is 12.8. The highest BCUT2D eigenvalue weighted by Crippen LogP contribution is 2.26. The molecule has 1 aliphatic rings. The summed E-state index contributed by atoms with van der Waals surface area (Å²) in [5, 5.41) is 0. The molecule has 0 aromatic heterocycles. The van der Waals surface area contributed by atoms with Crippen molar-refractivity contribution in [2.24, 2.45) is 5.41 Å². The fourth-order valence-corrected chi connectivity index (χ4v) is 3.28. The number of ether oxygens (including phenoxy) is 1. The Morgan fingerprint density at radius 2 is 1.28 bits per heavy atom. The van der Waals surface area contributed by atoms with Crippen LogP contribution in [0.1, 0.15) is 109 Å². The van der Waals surface area contributed by atoms with E-state index in [4.69, 9.17) is 4.74 Å². The summed E-state index contributed by atoms with van der Waals surface area (Å²) >= 11 is 0. The highest BCUT2D eigenvalue weighted by Gasteiger charge is 2.33. The predicted molar refractivity (Wildman–Crippen MR) is 131 cm³/mol. The van der Waals surface area contributed by atoms with E-state index in [-0.39, 0.29) is 16.9 Å². The first-order valence-electron chi connectivity index (χ1n) is 12.4. The van der Waals surface area contributed by atoms with Crippen LogP contribution >= 0.6 is 0 Å². The SMILES string of the molecule is CC.CC.CC.CCCN1CCN(C(=O)C(C)(C)CCOC(C)(C)CCC)CC1. The molecule has 0 aliphatic carbocycles. The van der Waals surface area contributed by atoms with Crippen LogP contribution in [0.5, 0.6) is 0 Å². The molecule has 1 saturated heterocycles. The molecule has 4 nitrogen and oxygen atoms in total. The third kappa shape index (κ3) is 14.9. The van der Waals surface area contributed by atoms with Gasteiger partial charge in [0.25, 0.3) is 0 Å². The van der Waals surface area contributed by atoms with Crippen molar-refractivity contribution in [1.29, 1.82) is 0 Å². The average molecular weight is 417 g/mol. The molecule has 1 amide bonds. The van der Waals surface area contributed by atoms with Crippen LogP contribution in [0, 0.1) is 5.41 Å². The molecule has 0 atom stereocenters. The summed E-state index contributed by atoms with van der Waals surface area (Å²) in [7, 11) is 0. The fourth-order valence-electron chi connectivity index (χ4n) is 3.28. The van der Waals surface area contributed by atoms with Crippen molar-refractivity contribution in [2.75, 3.05) is 39.3 Å². The van der Waals surface area contributed by atoms with Crippen molar-refractivity contribution in [3.8, 4) is 0 Å². The van der Waals surface area contributed by atoms with E-state index in [2.05, 4.69) is 46.4 Å². The minimum Gasteiger partial charge on any atom is -0.376 e. The van der Waals surface area contributed by atoms with Gasteiger partial charge < -0.3 is 9.64 Å². The van der Waals surface area contributed by atoms with E-state index in [9.17, 15) is 4.79 Å². The number of carbonyl (C=O) groups is 1. The normalized spacial score (nSPS) is 14.6. The first-order chi connectivity index (χ1) is 13.7. The van der Waals surface area contributed by atoms with Gasteiger partial charge in [-0.1, -0.05) is 75.7 Å². The Morgan fingerprint density at radius 1 is 0.793 bits per heavy atom. The molecule has 1 heterocycles. The summed E-state index contributed by atoms with van der Waals surface area (Å²) in [5.74, 6) is 0.283. The van der Waals surface area contributed by atoms with Crippen molar-refractivity contribution >= 4 is 5.91 Å². The lowest BCUT2D eigenvalue weighted by Crippen LogP contribution is -2.52. The number of nitrogens with zero attached hydrogens (tertiary/aromatic N) is 2. The van der Waals surface area contributed by atoms with Crippen molar-refractivity contribution in [2.45, 2.75) is 114 Å². The van der Waals surface area contributed by atoms with E-state index >= 15 is 0 Å². The molecule has 178 valence electrons. The maximum absolute atomic E-state index is 12.8. The van der Waals surface area contributed by atoms with Gasteiger partial charge in [-0.3, -0.25) is 9.69 Å². The number of hydrogen-bond acceptors (Lipinski definition) is 3. The molecule has 4 heteroatoms. The standard InChI is InChI=1S/C19H38N2O2.3C2H6/c1-7-9-19(5,6)23-16-10-18(3,4)17(22)21-14-12-20(11-8-2)13-15-21;3*1-2/h7-16H2,1-6H3;3*1-2H3. The lowest BCUT2D eigenvalue weighted by molar-refractivity contribution is -0.144. The number of amides is 1. The lowest BCUT2D eigenvalue weighted by Gasteiger charge is -2.39. The number of hydrogen-bond donors (Lipinski definition) is 0. The van der Waals surface area contributed by atoms with Gasteiger partial charge in [0.15, 0.2) is 0 Å². The minimum atomic E-state index is -0.338. The third-order valence-corrected chi connectivity index (χ3v) is 4.85. The van der Waals surface area contributed by atoms with Crippen molar-refractivity contribution < 1.29 is 9.53 Å². The van der Waals surface area contributed by atoms with Crippen molar-refractivity contribution in [3.05, 3.63) is 0 Å². The van der Waals surface area contributed by atoms with Crippen LogP contribution in [0.2, 0.25) is 0 Å². The number of rotatable bonds is 9. The molecular weight excluding hydrogens is 360 g/mol. The van der Waals surface area contributed by atoms with Gasteiger partial charge >= 0.3 is 0 Å². The first-order valence-corrected chi connectivity index (χ1v) is 12.4. The second kappa shape index (κ2) is 19.4. The molecule has 0 aromatic rings. The Labute approximate surface area is 184 Å². The van der Waals surface area contributed by atoms with Gasteiger partial charge in [-0.2, -0.15) is 0 Å². The highest BCUT2D eigenvalue weighted by atomic mass is 16.5. The predicted octanol–water partition coefficient (Wildman–Crippen LogP) is 6.63. The summed E-state index contributed by atoms with van der Waals surface area (Å²) in [4.78, 5) is 17.3. The second-order valence-corrected chi connectivity index (χ2v) is 8.13. The van der Waals surface area contributed by atoms with E-state index in [1.165, 1.54) is 6.42 Å². The van der Waals surface area contributed by atoms with Crippen molar-refractivity contribution in [1.82, 2.24) is 9.80 Å². The summed E-state index contributed by atoms with van der Waals surface area (Å²) in [6.45, 7) is 30.3. The zero-order valence-corrected chi connectivity index (χ0v) is 22.3. The minimum absolute atomic E-state index is 0.0837. The Kier molecular flexibility index (Phi) is 22.1. The Balaban J connectivity index is -0.00000103. The summed E-state index contributed by atoms with van der Waals surface area (Å²) in [6, 6.07) is 0. The third-order valence-electron chi connectivity index (χ3n) is 4.85. The Hall–Kier alpha value is -0.610. The molecule has 0 N–H and O–H groups in total. The zero-order chi connectivity index (χ0) is 23.5. The maximum Gasteiger partial charge on any atom is 0.228 e. The molecule has 1 fully saturated rings. The molecule has 0 unspecified atom stereocenters. The van der Waals surface area contributed by atoms with Crippen LogP contribution in [0.15, 0.2) is 0 Å². The molecule has 29 heavy (non-hydrogen) atoms. The van der Waals surface area contributed by atoms with Crippen LogP contribution in [-0.4, -0.2) is 60.6 Å². The van der Waals surface area contributed by atoms with E-state index in [0.717, 1.165) is 52.0 Å². The molecular formula is C25H56N2O2. The Morgan fingerprint density at radius 3 is 1.69 bits per heavy atom. The highest BCUT2D eigenvalue weighted by molar-refractivity contribution is 5.82.